The van der Waals surface area contributed by atoms with Crippen molar-refractivity contribution in [1.29, 1.82) is 0 Å². The van der Waals surface area contributed by atoms with Crippen molar-refractivity contribution in [2.75, 3.05) is 5.32 Å². The molecule has 2 heterocycles. The molecular weight excluding hydrogens is 361 g/mol. The molecule has 8 heteroatoms. The molecule has 6 nitrogen and oxygen atoms in total. The highest BCUT2D eigenvalue weighted by atomic mass is 35.5. The van der Waals surface area contributed by atoms with Crippen molar-refractivity contribution in [3.8, 4) is 0 Å². The summed E-state index contributed by atoms with van der Waals surface area (Å²) in [6.07, 6.45) is 5.52. The lowest BCUT2D eigenvalue weighted by Gasteiger charge is -2.14. The van der Waals surface area contributed by atoms with Gasteiger partial charge in [0.2, 0.25) is 5.91 Å². The standard InChI is InChI=1S/C17H17Cl2N5O/c1-2-15(24-11-13(18)9-20-24)17(25)21-16-7-8-23(22-16)10-12-5-3-4-6-14(12)19/h3-9,11,15H,2,10H2,1H3,(H,21,22,25). The average molecular weight is 378 g/mol. The summed E-state index contributed by atoms with van der Waals surface area (Å²) in [6.45, 7) is 2.44. The van der Waals surface area contributed by atoms with Crippen LogP contribution in [-0.4, -0.2) is 25.5 Å². The SMILES string of the molecule is CCC(C(=O)Nc1ccn(Cc2ccccc2Cl)n1)n1cc(Cl)cn1. The van der Waals surface area contributed by atoms with Crippen LogP contribution in [0.1, 0.15) is 24.9 Å². The van der Waals surface area contributed by atoms with Crippen LogP contribution >= 0.6 is 23.2 Å². The van der Waals surface area contributed by atoms with Gasteiger partial charge in [0.15, 0.2) is 5.82 Å². The number of carbonyl (C=O) groups excluding carboxylic acids is 1. The molecule has 1 unspecified atom stereocenters. The number of benzene rings is 1. The summed E-state index contributed by atoms with van der Waals surface area (Å²) in [5.41, 5.74) is 0.961. The summed E-state index contributed by atoms with van der Waals surface area (Å²) in [5, 5.41) is 12.5. The van der Waals surface area contributed by atoms with Crippen LogP contribution in [0, 0.1) is 0 Å². The minimum atomic E-state index is -0.443. The number of nitrogens with one attached hydrogen (secondary N) is 1. The Morgan fingerprint density at radius 1 is 1.28 bits per heavy atom. The molecule has 1 aromatic carbocycles. The fourth-order valence-electron chi connectivity index (χ4n) is 2.50. The van der Waals surface area contributed by atoms with Gasteiger partial charge in [-0.15, -0.1) is 0 Å². The predicted octanol–water partition coefficient (Wildman–Crippen LogP) is 4.02. The fourth-order valence-corrected chi connectivity index (χ4v) is 2.84. The molecule has 0 aliphatic carbocycles. The summed E-state index contributed by atoms with van der Waals surface area (Å²) in [7, 11) is 0. The highest BCUT2D eigenvalue weighted by Gasteiger charge is 2.20. The molecule has 0 aliphatic heterocycles. The first-order chi connectivity index (χ1) is 12.1. The van der Waals surface area contributed by atoms with Gasteiger partial charge in [-0.05, 0) is 18.1 Å². The Labute approximate surface area is 155 Å². The van der Waals surface area contributed by atoms with Crippen LogP contribution in [0.4, 0.5) is 5.82 Å². The maximum absolute atomic E-state index is 12.5. The van der Waals surface area contributed by atoms with Gasteiger partial charge in [-0.1, -0.05) is 48.3 Å². The number of amides is 1. The van der Waals surface area contributed by atoms with E-state index in [1.807, 2.05) is 31.2 Å². The molecule has 0 saturated heterocycles. The van der Waals surface area contributed by atoms with Gasteiger partial charge in [-0.25, -0.2) is 0 Å². The lowest BCUT2D eigenvalue weighted by atomic mass is 10.2. The molecule has 3 aromatic rings. The zero-order valence-electron chi connectivity index (χ0n) is 13.6. The molecular formula is C17H17Cl2N5O. The van der Waals surface area contributed by atoms with Crippen LogP contribution in [0.3, 0.4) is 0 Å². The highest BCUT2D eigenvalue weighted by Crippen LogP contribution is 2.18. The van der Waals surface area contributed by atoms with Crippen molar-refractivity contribution >= 4 is 34.9 Å². The van der Waals surface area contributed by atoms with Gasteiger partial charge in [-0.3, -0.25) is 14.2 Å². The van der Waals surface area contributed by atoms with E-state index in [0.717, 1.165) is 5.56 Å². The van der Waals surface area contributed by atoms with Gasteiger partial charge in [0.05, 0.1) is 17.8 Å². The quantitative estimate of drug-likeness (QED) is 0.705. The summed E-state index contributed by atoms with van der Waals surface area (Å²) in [6, 6.07) is 8.89. The first kappa shape index (κ1) is 17.5. The molecule has 2 aromatic heterocycles. The molecule has 1 amide bonds. The van der Waals surface area contributed by atoms with E-state index in [1.54, 1.807) is 27.8 Å². The second-order valence-corrected chi connectivity index (χ2v) is 6.39. The topological polar surface area (TPSA) is 64.7 Å². The molecule has 0 bridgehead atoms. The zero-order valence-corrected chi connectivity index (χ0v) is 15.1. The van der Waals surface area contributed by atoms with Crippen LogP contribution in [0.25, 0.3) is 0 Å². The predicted molar refractivity (Wildman–Crippen MR) is 98.0 cm³/mol. The van der Waals surface area contributed by atoms with Crippen molar-refractivity contribution in [3.63, 3.8) is 0 Å². The Morgan fingerprint density at radius 2 is 2.08 bits per heavy atom. The smallest absolute Gasteiger partial charge is 0.250 e. The Bertz CT molecular complexity index is 873. The third-order valence-corrected chi connectivity index (χ3v) is 4.32. The maximum atomic E-state index is 12.5. The zero-order chi connectivity index (χ0) is 17.8. The Kier molecular flexibility index (Phi) is 5.40. The number of anilines is 1. The monoisotopic (exact) mass is 377 g/mol. The van der Waals surface area contributed by atoms with Crippen molar-refractivity contribution in [3.05, 3.63) is 64.5 Å². The molecule has 0 spiro atoms. The molecule has 1 atom stereocenters. The van der Waals surface area contributed by atoms with E-state index < -0.39 is 6.04 Å². The third kappa shape index (κ3) is 4.21. The van der Waals surface area contributed by atoms with E-state index in [0.29, 0.717) is 28.8 Å². The van der Waals surface area contributed by atoms with Gasteiger partial charge in [0, 0.05) is 23.5 Å². The van der Waals surface area contributed by atoms with Crippen LogP contribution in [-0.2, 0) is 11.3 Å². The molecule has 0 aliphatic rings. The van der Waals surface area contributed by atoms with Crippen LogP contribution in [0.15, 0.2) is 48.9 Å². The van der Waals surface area contributed by atoms with E-state index >= 15 is 0 Å². The van der Waals surface area contributed by atoms with E-state index in [9.17, 15) is 4.79 Å². The van der Waals surface area contributed by atoms with Crippen molar-refractivity contribution in [1.82, 2.24) is 19.6 Å². The number of aromatic nitrogens is 4. The fraction of sp³-hybridized carbons (Fsp3) is 0.235. The molecule has 3 rings (SSSR count). The molecule has 130 valence electrons. The van der Waals surface area contributed by atoms with Crippen molar-refractivity contribution in [2.45, 2.75) is 25.9 Å². The highest BCUT2D eigenvalue weighted by molar-refractivity contribution is 6.31. The van der Waals surface area contributed by atoms with Crippen molar-refractivity contribution < 1.29 is 4.79 Å². The van der Waals surface area contributed by atoms with Crippen LogP contribution in [0.2, 0.25) is 10.0 Å². The Morgan fingerprint density at radius 3 is 2.76 bits per heavy atom. The van der Waals surface area contributed by atoms with E-state index in [2.05, 4.69) is 15.5 Å². The average Bonchev–Trinajstić information content (AvgIpc) is 3.20. The molecule has 0 radical (unpaired) electrons. The molecule has 1 N–H and O–H groups in total. The summed E-state index contributed by atoms with van der Waals surface area (Å²) in [5.74, 6) is 0.291. The maximum Gasteiger partial charge on any atom is 0.250 e. The number of hydrogen-bond donors (Lipinski definition) is 1. The number of hydrogen-bond acceptors (Lipinski definition) is 3. The number of rotatable bonds is 6. The van der Waals surface area contributed by atoms with Crippen LogP contribution < -0.4 is 5.32 Å². The van der Waals surface area contributed by atoms with Gasteiger partial charge in [-0.2, -0.15) is 10.2 Å². The largest absolute Gasteiger partial charge is 0.307 e. The Hall–Kier alpha value is -2.31. The lowest BCUT2D eigenvalue weighted by molar-refractivity contribution is -0.119. The summed E-state index contributed by atoms with van der Waals surface area (Å²) in [4.78, 5) is 12.5. The normalized spacial score (nSPS) is 12.1. The summed E-state index contributed by atoms with van der Waals surface area (Å²) >= 11 is 12.0. The minimum Gasteiger partial charge on any atom is -0.307 e. The lowest BCUT2D eigenvalue weighted by Crippen LogP contribution is -2.26. The Balaban J connectivity index is 1.68. The number of halogens is 2. The first-order valence-electron chi connectivity index (χ1n) is 7.84. The number of nitrogens with zero attached hydrogens (tertiary/aromatic N) is 4. The second kappa shape index (κ2) is 7.72. The van der Waals surface area contributed by atoms with Gasteiger partial charge < -0.3 is 5.32 Å². The first-order valence-corrected chi connectivity index (χ1v) is 8.59. The second-order valence-electron chi connectivity index (χ2n) is 5.54. The van der Waals surface area contributed by atoms with E-state index in [-0.39, 0.29) is 5.91 Å². The number of carbonyl (C=O) groups is 1. The van der Waals surface area contributed by atoms with Crippen molar-refractivity contribution in [2.24, 2.45) is 0 Å². The van der Waals surface area contributed by atoms with Gasteiger partial charge in [0.25, 0.3) is 0 Å². The van der Waals surface area contributed by atoms with Gasteiger partial charge in [0.1, 0.15) is 6.04 Å². The summed E-state index contributed by atoms with van der Waals surface area (Å²) < 4.78 is 3.28. The van der Waals surface area contributed by atoms with Gasteiger partial charge >= 0.3 is 0 Å². The third-order valence-electron chi connectivity index (χ3n) is 3.76. The van der Waals surface area contributed by atoms with E-state index in [4.69, 9.17) is 23.2 Å². The molecule has 25 heavy (non-hydrogen) atoms. The molecule has 0 fully saturated rings. The minimum absolute atomic E-state index is 0.190. The molecule has 0 saturated carbocycles. The van der Waals surface area contributed by atoms with E-state index in [1.165, 1.54) is 6.20 Å². The van der Waals surface area contributed by atoms with Crippen LogP contribution in [0.5, 0.6) is 0 Å².